The molecule has 0 atom stereocenters. The van der Waals surface area contributed by atoms with Crippen LogP contribution in [-0.2, 0) is 50.2 Å². The fourth-order valence-electron chi connectivity index (χ4n) is 13.2. The van der Waals surface area contributed by atoms with Crippen LogP contribution in [0.1, 0.15) is 107 Å². The van der Waals surface area contributed by atoms with Gasteiger partial charge in [0.2, 0.25) is 11.6 Å². The highest BCUT2D eigenvalue weighted by atomic mass is 35.5. The van der Waals surface area contributed by atoms with E-state index >= 15 is 0 Å². The number of unbranched alkanes of at least 4 members (excludes halogenated alkanes) is 2. The lowest BCUT2D eigenvalue weighted by molar-refractivity contribution is 0.271. The standard InChI is InChI=1S/2C41H37ClN6O/c2*1-2-3-23-38-43-39(42)37(29-49)47(38)28-30-24-26-31(27-25-30)35-21-13-14-22-36(35)40-44-46-48(45-40)41(32-15-7-4-8-16-32,33-17-9-5-10-18-33)34-19-11-6-12-20-34/h2*4-22,24-27,49H,2-3,23,28-29H2,1H3. The highest BCUT2D eigenvalue weighted by molar-refractivity contribution is 6.30. The predicted molar refractivity (Wildman–Crippen MR) is 388 cm³/mol. The highest BCUT2D eigenvalue weighted by Crippen LogP contribution is 2.43. The van der Waals surface area contributed by atoms with Gasteiger partial charge in [-0.3, -0.25) is 0 Å². The molecule has 4 aromatic heterocycles. The first kappa shape index (κ1) is 65.9. The van der Waals surface area contributed by atoms with Gasteiger partial charge in [0.15, 0.2) is 21.4 Å². The zero-order valence-corrected chi connectivity index (χ0v) is 56.2. The van der Waals surface area contributed by atoms with Crippen LogP contribution in [0.15, 0.2) is 279 Å². The van der Waals surface area contributed by atoms with Crippen LogP contribution in [0.25, 0.3) is 45.0 Å². The molecule has 0 radical (unpaired) electrons. The number of aliphatic hydroxyl groups excluding tert-OH is 2. The van der Waals surface area contributed by atoms with Gasteiger partial charge >= 0.3 is 0 Å². The van der Waals surface area contributed by atoms with Crippen molar-refractivity contribution in [2.75, 3.05) is 0 Å². The molecule has 0 saturated carbocycles. The molecule has 0 bridgehead atoms. The second-order valence-electron chi connectivity index (χ2n) is 24.1. The third kappa shape index (κ3) is 13.3. The summed E-state index contributed by atoms with van der Waals surface area (Å²) in [5.74, 6) is 2.87. The van der Waals surface area contributed by atoms with Crippen LogP contribution in [-0.4, -0.2) is 69.7 Å². The molecular weight excluding hydrogens is 1260 g/mol. The minimum absolute atomic E-state index is 0.156. The second-order valence-corrected chi connectivity index (χ2v) is 24.8. The fourth-order valence-corrected chi connectivity index (χ4v) is 13.8. The highest BCUT2D eigenvalue weighted by Gasteiger charge is 2.43. The van der Waals surface area contributed by atoms with Gasteiger partial charge < -0.3 is 19.3 Å². The number of nitrogens with zero attached hydrogens (tertiary/aromatic N) is 12. The van der Waals surface area contributed by atoms with Crippen molar-refractivity contribution in [2.45, 2.75) is 89.8 Å². The number of imidazole rings is 2. The Morgan fingerprint density at radius 1 is 0.347 bits per heavy atom. The largest absolute Gasteiger partial charge is 0.390 e. The topological polar surface area (TPSA) is 163 Å². The third-order valence-corrected chi connectivity index (χ3v) is 18.7. The molecule has 0 fully saturated rings. The molecule has 4 heterocycles. The summed E-state index contributed by atoms with van der Waals surface area (Å²) in [7, 11) is 0. The third-order valence-electron chi connectivity index (χ3n) is 18.1. The van der Waals surface area contributed by atoms with Crippen LogP contribution in [0.4, 0.5) is 0 Å². The number of halogens is 2. The van der Waals surface area contributed by atoms with Crippen LogP contribution in [0.5, 0.6) is 0 Å². The first-order valence-electron chi connectivity index (χ1n) is 33.3. The maximum Gasteiger partial charge on any atom is 0.205 e. The molecule has 0 aliphatic rings. The van der Waals surface area contributed by atoms with E-state index in [4.69, 9.17) is 54.0 Å². The lowest BCUT2D eigenvalue weighted by atomic mass is 9.77. The zero-order chi connectivity index (χ0) is 67.3. The van der Waals surface area contributed by atoms with E-state index < -0.39 is 11.1 Å². The number of tetrazole rings is 2. The molecule has 14 rings (SSSR count). The van der Waals surface area contributed by atoms with E-state index in [1.165, 1.54) is 0 Å². The van der Waals surface area contributed by atoms with Gasteiger partial charge in [-0.2, -0.15) is 0 Å². The summed E-state index contributed by atoms with van der Waals surface area (Å²) in [6.45, 7) is 5.15. The number of hydrogen-bond acceptors (Lipinski definition) is 10. The summed E-state index contributed by atoms with van der Waals surface area (Å²) in [5, 5.41) is 50.0. The number of rotatable bonds is 24. The summed E-state index contributed by atoms with van der Waals surface area (Å²) in [4.78, 5) is 12.6. The van der Waals surface area contributed by atoms with Gasteiger partial charge in [-0.1, -0.05) is 329 Å². The van der Waals surface area contributed by atoms with Crippen molar-refractivity contribution in [3.8, 4) is 45.0 Å². The van der Waals surface area contributed by atoms with E-state index in [-0.39, 0.29) is 13.2 Å². The van der Waals surface area contributed by atoms with Gasteiger partial charge in [-0.15, -0.1) is 30.0 Å². The summed E-state index contributed by atoms with van der Waals surface area (Å²) in [6.07, 6.45) is 5.76. The monoisotopic (exact) mass is 1330 g/mol. The van der Waals surface area contributed by atoms with Crippen molar-refractivity contribution in [3.05, 3.63) is 357 Å². The van der Waals surface area contributed by atoms with Gasteiger partial charge in [0, 0.05) is 37.1 Å². The van der Waals surface area contributed by atoms with E-state index in [2.05, 4.69) is 157 Å². The molecule has 0 aliphatic heterocycles. The molecule has 488 valence electrons. The van der Waals surface area contributed by atoms with Crippen LogP contribution in [0.2, 0.25) is 10.3 Å². The Bertz CT molecular complexity index is 4370. The van der Waals surface area contributed by atoms with Crippen molar-refractivity contribution in [2.24, 2.45) is 0 Å². The minimum atomic E-state index is -0.856. The Morgan fingerprint density at radius 2 is 0.622 bits per heavy atom. The smallest absolute Gasteiger partial charge is 0.205 e. The number of aliphatic hydroxyl groups is 2. The van der Waals surface area contributed by atoms with Crippen molar-refractivity contribution in [1.82, 2.24) is 59.5 Å². The SMILES string of the molecule is CCCCc1nc(Cl)c(CO)n1Cc1ccc(-c2ccccc2-c2nnn(C(c3ccccc3)(c3ccccc3)c3ccccc3)n2)cc1.CCCCc1nc(Cl)c(CO)n1Cc1ccc(-c2ccccc2-c2nnn(C(c3ccccc3)(c3ccccc3)c3ccccc3)n2)cc1. The first-order valence-corrected chi connectivity index (χ1v) is 34.0. The Balaban J connectivity index is 0.000000176. The quantitative estimate of drug-likeness (QED) is 0.0557. The van der Waals surface area contributed by atoms with Crippen molar-refractivity contribution in [1.29, 1.82) is 0 Å². The second kappa shape index (κ2) is 30.6. The van der Waals surface area contributed by atoms with E-state index in [0.717, 1.165) is 128 Å². The van der Waals surface area contributed by atoms with Crippen molar-refractivity contribution >= 4 is 23.2 Å². The predicted octanol–water partition coefficient (Wildman–Crippen LogP) is 17.2. The van der Waals surface area contributed by atoms with Crippen molar-refractivity contribution in [3.63, 3.8) is 0 Å². The molecule has 0 saturated heterocycles. The average molecular weight is 1330 g/mol. The Labute approximate surface area is 581 Å². The molecule has 14 aromatic rings. The number of aromatic nitrogens is 12. The van der Waals surface area contributed by atoms with E-state index in [1.807, 2.05) is 155 Å². The molecule has 10 aromatic carbocycles. The van der Waals surface area contributed by atoms with Crippen molar-refractivity contribution < 1.29 is 10.2 Å². The lowest BCUT2D eigenvalue weighted by Gasteiger charge is -2.34. The van der Waals surface area contributed by atoms with E-state index in [9.17, 15) is 10.2 Å². The Hall–Kier alpha value is -10.7. The summed E-state index contributed by atoms with van der Waals surface area (Å²) < 4.78 is 4.09. The Morgan fingerprint density at radius 3 is 0.898 bits per heavy atom. The molecule has 14 nitrogen and oxygen atoms in total. The molecular formula is C82H74Cl2N12O2. The summed E-state index contributed by atoms with van der Waals surface area (Å²) >= 11 is 12.8. The zero-order valence-electron chi connectivity index (χ0n) is 54.6. The molecule has 0 unspecified atom stereocenters. The summed E-state index contributed by atoms with van der Waals surface area (Å²) in [6, 6.07) is 95.3. The van der Waals surface area contributed by atoms with Gasteiger partial charge in [0.05, 0.1) is 24.6 Å². The minimum Gasteiger partial charge on any atom is -0.390 e. The molecule has 0 amide bonds. The Kier molecular flexibility index (Phi) is 20.5. The average Bonchev–Trinajstić information content (AvgIpc) is 1.33. The van der Waals surface area contributed by atoms with E-state index in [1.54, 1.807) is 9.59 Å². The molecule has 2 N–H and O–H groups in total. The maximum absolute atomic E-state index is 10.0. The van der Waals surface area contributed by atoms with Gasteiger partial charge in [-0.05, 0) is 90.0 Å². The lowest BCUT2D eigenvalue weighted by Crippen LogP contribution is -2.39. The molecule has 0 aliphatic carbocycles. The number of benzene rings is 10. The molecule has 0 spiro atoms. The van der Waals surface area contributed by atoms with Gasteiger partial charge in [-0.25, -0.2) is 9.97 Å². The number of hydrogen-bond donors (Lipinski definition) is 2. The van der Waals surface area contributed by atoms with Gasteiger partial charge in [0.25, 0.3) is 0 Å². The van der Waals surface area contributed by atoms with Gasteiger partial charge in [0.1, 0.15) is 11.6 Å². The first-order chi connectivity index (χ1) is 48.3. The maximum atomic E-state index is 10.0. The molecule has 16 heteroatoms. The summed E-state index contributed by atoms with van der Waals surface area (Å²) in [5.41, 5.74) is 13.8. The normalized spacial score (nSPS) is 11.6. The molecule has 98 heavy (non-hydrogen) atoms. The fraction of sp³-hybridized carbons (Fsp3) is 0.171. The van der Waals surface area contributed by atoms with E-state index in [0.29, 0.717) is 46.4 Å². The van der Waals surface area contributed by atoms with Crippen LogP contribution in [0.3, 0.4) is 0 Å². The number of aryl methyl sites for hydroxylation is 2. The van der Waals surface area contributed by atoms with Crippen LogP contribution < -0.4 is 0 Å². The van der Waals surface area contributed by atoms with Crippen LogP contribution in [0, 0.1) is 0 Å². The van der Waals surface area contributed by atoms with Crippen LogP contribution >= 0.6 is 23.2 Å².